The Hall–Kier alpha value is -2.63. The lowest BCUT2D eigenvalue weighted by atomic mass is 9.33. The summed E-state index contributed by atoms with van der Waals surface area (Å²) in [7, 11) is 0. The van der Waals surface area contributed by atoms with Crippen molar-refractivity contribution in [1.82, 2.24) is 0 Å². The molecule has 5 aliphatic carbocycles. The molecule has 47 heavy (non-hydrogen) atoms. The number of fused-ring (bicyclic) bond motifs is 7. The minimum atomic E-state index is -0.969. The first-order chi connectivity index (χ1) is 22.0. The van der Waals surface area contributed by atoms with Crippen molar-refractivity contribution in [3.8, 4) is 0 Å². The van der Waals surface area contributed by atoms with Crippen LogP contribution in [0.5, 0.6) is 0 Å². The highest BCUT2D eigenvalue weighted by Crippen LogP contribution is 2.76. The van der Waals surface area contributed by atoms with Crippen molar-refractivity contribution in [2.75, 3.05) is 0 Å². The summed E-state index contributed by atoms with van der Waals surface area (Å²) in [5.74, 6) is -0.250. The Labute approximate surface area is 282 Å². The summed E-state index contributed by atoms with van der Waals surface area (Å²) in [5, 5.41) is 9.06. The Bertz CT molecular complexity index is 1430. The van der Waals surface area contributed by atoms with Crippen molar-refractivity contribution < 1.29 is 29.0 Å². The van der Waals surface area contributed by atoms with E-state index in [0.29, 0.717) is 18.4 Å². The molecule has 258 valence electrons. The molecule has 4 saturated carbocycles. The van der Waals surface area contributed by atoms with E-state index in [-0.39, 0.29) is 57.9 Å². The van der Waals surface area contributed by atoms with Crippen LogP contribution in [0.3, 0.4) is 0 Å². The van der Waals surface area contributed by atoms with Gasteiger partial charge in [-0.2, -0.15) is 0 Å². The highest BCUT2D eigenvalue weighted by Gasteiger charge is 2.69. The number of carboxylic acids is 1. The van der Waals surface area contributed by atoms with Gasteiger partial charge in [0, 0.05) is 5.41 Å². The van der Waals surface area contributed by atoms with Crippen LogP contribution in [0.25, 0.3) is 0 Å². The van der Waals surface area contributed by atoms with Crippen molar-refractivity contribution in [1.29, 1.82) is 0 Å². The van der Waals surface area contributed by atoms with Crippen LogP contribution in [0.15, 0.2) is 42.0 Å². The summed E-state index contributed by atoms with van der Waals surface area (Å²) in [6, 6.07) is 10.1. The highest BCUT2D eigenvalue weighted by atomic mass is 16.5. The third-order valence-electron chi connectivity index (χ3n) is 15.0. The van der Waals surface area contributed by atoms with Gasteiger partial charge in [0.1, 0.15) is 12.7 Å². The second kappa shape index (κ2) is 11.8. The van der Waals surface area contributed by atoms with Crippen LogP contribution >= 0.6 is 0 Å². The molecule has 0 unspecified atom stereocenters. The Balaban J connectivity index is 1.28. The molecule has 6 heteroatoms. The second-order valence-electron chi connectivity index (χ2n) is 18.2. The van der Waals surface area contributed by atoms with Gasteiger partial charge in [0.15, 0.2) is 0 Å². The zero-order valence-corrected chi connectivity index (χ0v) is 30.0. The lowest BCUT2D eigenvalue weighted by Crippen LogP contribution is -2.65. The molecule has 1 aromatic carbocycles. The van der Waals surface area contributed by atoms with Crippen molar-refractivity contribution in [3.05, 3.63) is 47.5 Å². The van der Waals surface area contributed by atoms with Crippen LogP contribution in [0.4, 0.5) is 0 Å². The summed E-state index contributed by atoms with van der Waals surface area (Å²) in [6.07, 6.45) is 12.0. The number of benzene rings is 1. The summed E-state index contributed by atoms with van der Waals surface area (Å²) in [5.41, 5.74) is 2.31. The number of rotatable bonds is 7. The van der Waals surface area contributed by atoms with Crippen LogP contribution in [-0.2, 0) is 30.5 Å². The predicted octanol–water partition coefficient (Wildman–Crippen LogP) is 9.31. The van der Waals surface area contributed by atoms with Crippen molar-refractivity contribution in [3.63, 3.8) is 0 Å². The normalized spacial score (nSPS) is 39.9. The SMILES string of the molecule is CC1(C)CC[C@]2(C(=O)OCc3ccccc3)CC[C@]3(C)C(=CC[C@@H]4[C@@]5(C)CC[C@H](OC(=O)CCC(=O)O)C(C)(C)[C@@H]5CC[C@]43C)[C@@H]2C1. The molecule has 4 fully saturated rings. The number of carboxylic acid groups (broad SMARTS) is 1. The molecule has 0 amide bonds. The maximum atomic E-state index is 14.3. The number of ether oxygens (including phenoxy) is 2. The van der Waals surface area contributed by atoms with E-state index in [1.165, 1.54) is 5.57 Å². The number of esters is 2. The quantitative estimate of drug-likeness (QED) is 0.235. The molecule has 5 aliphatic rings. The van der Waals surface area contributed by atoms with Crippen LogP contribution in [-0.4, -0.2) is 29.1 Å². The van der Waals surface area contributed by atoms with E-state index in [1.54, 1.807) is 0 Å². The number of carbonyl (C=O) groups is 3. The topological polar surface area (TPSA) is 89.9 Å². The van der Waals surface area contributed by atoms with Crippen molar-refractivity contribution in [2.45, 2.75) is 138 Å². The number of carbonyl (C=O) groups excluding carboxylic acids is 2. The first kappa shape index (κ1) is 34.2. The largest absolute Gasteiger partial charge is 0.481 e. The van der Waals surface area contributed by atoms with E-state index in [1.807, 2.05) is 30.3 Å². The molecule has 0 aliphatic heterocycles. The Morgan fingerprint density at radius 3 is 2.23 bits per heavy atom. The van der Waals surface area contributed by atoms with Gasteiger partial charge in [-0.1, -0.05) is 90.4 Å². The molecule has 1 N–H and O–H groups in total. The summed E-state index contributed by atoms with van der Waals surface area (Å²) >= 11 is 0. The van der Waals surface area contributed by atoms with Gasteiger partial charge in [0.05, 0.1) is 18.3 Å². The van der Waals surface area contributed by atoms with E-state index in [9.17, 15) is 14.4 Å². The van der Waals surface area contributed by atoms with E-state index < -0.39 is 17.4 Å². The molecule has 0 saturated heterocycles. The van der Waals surface area contributed by atoms with Crippen LogP contribution in [0.2, 0.25) is 0 Å². The molecule has 0 spiro atoms. The first-order valence-corrected chi connectivity index (χ1v) is 18.3. The number of allylic oxidation sites excluding steroid dienone is 2. The molecule has 6 nitrogen and oxygen atoms in total. The van der Waals surface area contributed by atoms with Crippen molar-refractivity contribution >= 4 is 17.9 Å². The maximum absolute atomic E-state index is 14.3. The monoisotopic (exact) mass is 646 g/mol. The summed E-state index contributed by atoms with van der Waals surface area (Å²) in [4.78, 5) is 38.0. The molecule has 1 aromatic rings. The zero-order chi connectivity index (χ0) is 34.0. The van der Waals surface area contributed by atoms with E-state index in [4.69, 9.17) is 14.6 Å². The molecule has 8 atom stereocenters. The van der Waals surface area contributed by atoms with E-state index >= 15 is 0 Å². The fraction of sp³-hybridized carbons (Fsp3) is 0.732. The lowest BCUT2D eigenvalue weighted by molar-refractivity contribution is -0.214. The number of hydrogen-bond donors (Lipinski definition) is 1. The van der Waals surface area contributed by atoms with Gasteiger partial charge >= 0.3 is 17.9 Å². The standard InChI is InChI=1S/C41H58O6/c1-36(2)21-23-41(35(45)46-26-27-11-9-8-10-12-27)24-22-39(6)28(29(41)25-36)13-14-31-38(5)19-18-32(47-34(44)16-15-33(42)43)37(3,4)30(38)17-20-40(31,39)7/h8-13,29-32H,14-26H2,1-7H3,(H,42,43)/t29-,30-,31+,32-,38-,39+,40+,41-/m0/s1. The average molecular weight is 647 g/mol. The minimum absolute atomic E-state index is 0.00530. The molecular weight excluding hydrogens is 588 g/mol. The van der Waals surface area contributed by atoms with Gasteiger partial charge in [-0.15, -0.1) is 0 Å². The number of hydrogen-bond acceptors (Lipinski definition) is 5. The fourth-order valence-electron chi connectivity index (χ4n) is 12.1. The van der Waals surface area contributed by atoms with E-state index in [0.717, 1.165) is 69.8 Å². The van der Waals surface area contributed by atoms with Crippen molar-refractivity contribution in [2.24, 2.45) is 50.2 Å². The lowest BCUT2D eigenvalue weighted by Gasteiger charge is -2.71. The Morgan fingerprint density at radius 1 is 0.830 bits per heavy atom. The predicted molar refractivity (Wildman–Crippen MR) is 182 cm³/mol. The summed E-state index contributed by atoms with van der Waals surface area (Å²) in [6.45, 7) is 17.3. The smallest absolute Gasteiger partial charge is 0.313 e. The van der Waals surface area contributed by atoms with Crippen LogP contribution in [0.1, 0.15) is 131 Å². The Kier molecular flexibility index (Phi) is 8.57. The summed E-state index contributed by atoms with van der Waals surface area (Å²) < 4.78 is 12.2. The fourth-order valence-corrected chi connectivity index (χ4v) is 12.1. The van der Waals surface area contributed by atoms with Gasteiger partial charge in [-0.25, -0.2) is 0 Å². The first-order valence-electron chi connectivity index (χ1n) is 18.3. The average Bonchev–Trinajstić information content (AvgIpc) is 3.01. The van der Waals surface area contributed by atoms with Gasteiger partial charge in [-0.3, -0.25) is 14.4 Å². The van der Waals surface area contributed by atoms with Gasteiger partial charge in [0.25, 0.3) is 0 Å². The molecule has 0 bridgehead atoms. The highest BCUT2D eigenvalue weighted by molar-refractivity contribution is 5.79. The van der Waals surface area contributed by atoms with E-state index in [2.05, 4.69) is 54.5 Å². The Morgan fingerprint density at radius 2 is 1.53 bits per heavy atom. The third kappa shape index (κ3) is 5.48. The third-order valence-corrected chi connectivity index (χ3v) is 15.0. The van der Waals surface area contributed by atoms with Gasteiger partial charge in [0.2, 0.25) is 0 Å². The van der Waals surface area contributed by atoms with Gasteiger partial charge < -0.3 is 14.6 Å². The number of aliphatic carboxylic acids is 1. The molecule has 0 aromatic heterocycles. The van der Waals surface area contributed by atoms with Crippen LogP contribution in [0, 0.1) is 50.2 Å². The molecule has 0 heterocycles. The zero-order valence-electron chi connectivity index (χ0n) is 30.0. The molecular formula is C41H58O6. The van der Waals surface area contributed by atoms with Gasteiger partial charge in [-0.05, 0) is 109 Å². The molecule has 6 rings (SSSR count). The maximum Gasteiger partial charge on any atom is 0.313 e. The van der Waals surface area contributed by atoms with Crippen LogP contribution < -0.4 is 0 Å². The minimum Gasteiger partial charge on any atom is -0.481 e. The second-order valence-corrected chi connectivity index (χ2v) is 18.2. The molecule has 0 radical (unpaired) electrons.